The SMILES string of the molecule is CC(C)(C)OC(=O)[C@H](Cc1ccccc1C#N)N=C(c1ccccc1)c1ccccc1. The molecule has 4 heteroatoms. The minimum atomic E-state index is -0.788. The van der Waals surface area contributed by atoms with Crippen molar-refractivity contribution in [3.05, 3.63) is 107 Å². The van der Waals surface area contributed by atoms with E-state index in [0.29, 0.717) is 11.3 Å². The van der Waals surface area contributed by atoms with Crippen molar-refractivity contribution < 1.29 is 9.53 Å². The van der Waals surface area contributed by atoms with Crippen molar-refractivity contribution in [3.63, 3.8) is 0 Å². The molecule has 0 aromatic heterocycles. The third kappa shape index (κ3) is 6.13. The molecule has 0 N–H and O–H groups in total. The molecule has 0 heterocycles. The molecule has 0 unspecified atom stereocenters. The van der Waals surface area contributed by atoms with Crippen molar-refractivity contribution in [1.82, 2.24) is 0 Å². The maximum absolute atomic E-state index is 13.1. The van der Waals surface area contributed by atoms with E-state index < -0.39 is 17.6 Å². The largest absolute Gasteiger partial charge is 0.458 e. The van der Waals surface area contributed by atoms with Crippen LogP contribution >= 0.6 is 0 Å². The van der Waals surface area contributed by atoms with Gasteiger partial charge in [0.05, 0.1) is 17.3 Å². The molecule has 0 aliphatic carbocycles. The molecule has 0 spiro atoms. The maximum atomic E-state index is 13.1. The minimum Gasteiger partial charge on any atom is -0.458 e. The van der Waals surface area contributed by atoms with Gasteiger partial charge in [0.25, 0.3) is 0 Å². The first-order valence-electron chi connectivity index (χ1n) is 10.3. The topological polar surface area (TPSA) is 62.5 Å². The molecule has 3 rings (SSSR count). The molecule has 4 nitrogen and oxygen atoms in total. The number of hydrogen-bond acceptors (Lipinski definition) is 4. The van der Waals surface area contributed by atoms with Crippen LogP contribution in [0, 0.1) is 11.3 Å². The van der Waals surface area contributed by atoms with E-state index in [1.165, 1.54) is 0 Å². The Morgan fingerprint density at radius 1 is 0.903 bits per heavy atom. The summed E-state index contributed by atoms with van der Waals surface area (Å²) in [4.78, 5) is 18.1. The van der Waals surface area contributed by atoms with Gasteiger partial charge in [0.15, 0.2) is 6.04 Å². The third-order valence-corrected chi connectivity index (χ3v) is 4.61. The molecule has 0 radical (unpaired) electrons. The summed E-state index contributed by atoms with van der Waals surface area (Å²) in [7, 11) is 0. The Hall–Kier alpha value is -3.71. The van der Waals surface area contributed by atoms with E-state index in [1.54, 1.807) is 6.07 Å². The average molecular weight is 411 g/mol. The number of nitrogens with zero attached hydrogens (tertiary/aromatic N) is 2. The number of benzene rings is 3. The van der Waals surface area contributed by atoms with Crippen LogP contribution in [0.15, 0.2) is 89.9 Å². The number of carbonyl (C=O) groups excluding carboxylic acids is 1. The standard InChI is InChI=1S/C27H26N2O2/c1-27(2,3)31-26(30)24(18-22-16-10-11-17-23(22)19-28)29-25(20-12-6-4-7-13-20)21-14-8-5-9-15-21/h4-17,24H,18H2,1-3H3/t24-/m0/s1. The third-order valence-electron chi connectivity index (χ3n) is 4.61. The number of esters is 1. The molecule has 156 valence electrons. The number of nitriles is 1. The van der Waals surface area contributed by atoms with Crippen LogP contribution < -0.4 is 0 Å². The molecule has 0 saturated heterocycles. The van der Waals surface area contributed by atoms with E-state index >= 15 is 0 Å². The predicted octanol–water partition coefficient (Wildman–Crippen LogP) is 5.35. The highest BCUT2D eigenvalue weighted by atomic mass is 16.6. The zero-order chi connectivity index (χ0) is 22.3. The number of ether oxygens (including phenoxy) is 1. The fourth-order valence-electron chi connectivity index (χ4n) is 3.23. The average Bonchev–Trinajstić information content (AvgIpc) is 2.77. The number of hydrogen-bond donors (Lipinski definition) is 0. The molecule has 0 bridgehead atoms. The van der Waals surface area contributed by atoms with Crippen LogP contribution in [0.2, 0.25) is 0 Å². The molecular weight excluding hydrogens is 384 g/mol. The van der Waals surface area contributed by atoms with Crippen LogP contribution in [-0.4, -0.2) is 23.3 Å². The van der Waals surface area contributed by atoms with Crippen molar-refractivity contribution in [1.29, 1.82) is 5.26 Å². The van der Waals surface area contributed by atoms with Crippen molar-refractivity contribution in [2.24, 2.45) is 4.99 Å². The lowest BCUT2D eigenvalue weighted by molar-refractivity contribution is -0.156. The summed E-state index contributed by atoms with van der Waals surface area (Å²) < 4.78 is 5.69. The summed E-state index contributed by atoms with van der Waals surface area (Å²) in [6.45, 7) is 5.51. The Labute approximate surface area is 183 Å². The van der Waals surface area contributed by atoms with Crippen molar-refractivity contribution in [2.45, 2.75) is 38.8 Å². The number of aliphatic imine (C=N–C) groups is 1. The molecule has 31 heavy (non-hydrogen) atoms. The molecule has 3 aromatic carbocycles. The van der Waals surface area contributed by atoms with Gasteiger partial charge in [0.1, 0.15) is 5.60 Å². The van der Waals surface area contributed by atoms with Gasteiger partial charge in [-0.3, -0.25) is 4.99 Å². The van der Waals surface area contributed by atoms with E-state index in [-0.39, 0.29) is 6.42 Å². The number of rotatable bonds is 6. The van der Waals surface area contributed by atoms with Crippen molar-refractivity contribution in [3.8, 4) is 6.07 Å². The molecule has 0 amide bonds. The van der Waals surface area contributed by atoms with Crippen LogP contribution in [0.4, 0.5) is 0 Å². The van der Waals surface area contributed by atoms with Crippen LogP contribution in [0.25, 0.3) is 0 Å². The zero-order valence-electron chi connectivity index (χ0n) is 18.1. The van der Waals surface area contributed by atoms with E-state index in [0.717, 1.165) is 16.7 Å². The van der Waals surface area contributed by atoms with Gasteiger partial charge in [-0.05, 0) is 32.4 Å². The van der Waals surface area contributed by atoms with E-state index in [2.05, 4.69) is 6.07 Å². The van der Waals surface area contributed by atoms with Crippen LogP contribution in [-0.2, 0) is 16.0 Å². The van der Waals surface area contributed by atoms with Gasteiger partial charge in [-0.25, -0.2) is 4.79 Å². The second-order valence-corrected chi connectivity index (χ2v) is 8.23. The Morgan fingerprint density at radius 2 is 1.42 bits per heavy atom. The second kappa shape index (κ2) is 9.86. The van der Waals surface area contributed by atoms with Gasteiger partial charge in [-0.15, -0.1) is 0 Å². The van der Waals surface area contributed by atoms with Gasteiger partial charge in [0, 0.05) is 17.5 Å². The minimum absolute atomic E-state index is 0.280. The first kappa shape index (κ1) is 22.0. The fourth-order valence-corrected chi connectivity index (χ4v) is 3.23. The van der Waals surface area contributed by atoms with Gasteiger partial charge in [-0.2, -0.15) is 5.26 Å². The predicted molar refractivity (Wildman–Crippen MR) is 123 cm³/mol. The Morgan fingerprint density at radius 3 is 1.94 bits per heavy atom. The molecule has 3 aromatic rings. The van der Waals surface area contributed by atoms with Gasteiger partial charge >= 0.3 is 5.97 Å². The van der Waals surface area contributed by atoms with Crippen LogP contribution in [0.1, 0.15) is 43.0 Å². The Kier molecular flexibility index (Phi) is 6.99. The lowest BCUT2D eigenvalue weighted by Crippen LogP contribution is -2.33. The summed E-state index contributed by atoms with van der Waals surface area (Å²) in [5, 5.41) is 9.49. The summed E-state index contributed by atoms with van der Waals surface area (Å²) >= 11 is 0. The van der Waals surface area contributed by atoms with Crippen LogP contribution in [0.5, 0.6) is 0 Å². The highest BCUT2D eigenvalue weighted by Crippen LogP contribution is 2.19. The molecule has 0 aliphatic heterocycles. The van der Waals surface area contributed by atoms with Gasteiger partial charge < -0.3 is 4.74 Å². The van der Waals surface area contributed by atoms with Crippen molar-refractivity contribution in [2.75, 3.05) is 0 Å². The molecular formula is C27H26N2O2. The smallest absolute Gasteiger partial charge is 0.331 e. The summed E-state index contributed by atoms with van der Waals surface area (Å²) in [5.41, 5.74) is 3.20. The molecule has 0 saturated carbocycles. The monoisotopic (exact) mass is 410 g/mol. The summed E-state index contributed by atoms with van der Waals surface area (Å²) in [5.74, 6) is -0.412. The molecule has 0 fully saturated rings. The maximum Gasteiger partial charge on any atom is 0.331 e. The Balaban J connectivity index is 2.10. The highest BCUT2D eigenvalue weighted by molar-refractivity contribution is 6.13. The van der Waals surface area contributed by atoms with Crippen LogP contribution in [0.3, 0.4) is 0 Å². The first-order valence-corrected chi connectivity index (χ1v) is 10.3. The van der Waals surface area contributed by atoms with Gasteiger partial charge in [0.2, 0.25) is 0 Å². The van der Waals surface area contributed by atoms with E-state index in [4.69, 9.17) is 9.73 Å². The number of carbonyl (C=O) groups is 1. The summed E-state index contributed by atoms with van der Waals surface area (Å²) in [6.07, 6.45) is 0.280. The van der Waals surface area contributed by atoms with Crippen molar-refractivity contribution >= 4 is 11.7 Å². The van der Waals surface area contributed by atoms with Gasteiger partial charge in [-0.1, -0.05) is 78.9 Å². The Bertz CT molecular complexity index is 1050. The fraction of sp³-hybridized carbons (Fsp3) is 0.222. The normalized spacial score (nSPS) is 11.8. The lowest BCUT2D eigenvalue weighted by Gasteiger charge is -2.23. The van der Waals surface area contributed by atoms with E-state index in [1.807, 2.05) is 99.6 Å². The van der Waals surface area contributed by atoms with E-state index in [9.17, 15) is 10.1 Å². The molecule has 1 atom stereocenters. The lowest BCUT2D eigenvalue weighted by atomic mass is 9.98. The quantitative estimate of drug-likeness (QED) is 0.407. The zero-order valence-corrected chi connectivity index (χ0v) is 18.1. The second-order valence-electron chi connectivity index (χ2n) is 8.23. The highest BCUT2D eigenvalue weighted by Gasteiger charge is 2.27. The summed E-state index contributed by atoms with van der Waals surface area (Å²) in [6, 6.07) is 28.3. The molecule has 0 aliphatic rings. The first-order chi connectivity index (χ1) is 14.9.